The second-order valence-electron chi connectivity index (χ2n) is 9.10. The third kappa shape index (κ3) is 5.62. The minimum Gasteiger partial charge on any atom is -0.508 e. The molecule has 2 aromatic carbocycles. The lowest BCUT2D eigenvalue weighted by Gasteiger charge is -2.38. The van der Waals surface area contributed by atoms with Crippen molar-refractivity contribution >= 4 is 11.3 Å². The van der Waals surface area contributed by atoms with Gasteiger partial charge in [-0.15, -0.1) is 0 Å². The molecule has 2 aromatic rings. The molecule has 0 bridgehead atoms. The van der Waals surface area contributed by atoms with Gasteiger partial charge in [-0.05, 0) is 85.4 Å². The van der Waals surface area contributed by atoms with Crippen LogP contribution in [0.2, 0.25) is 0 Å². The van der Waals surface area contributed by atoms with E-state index in [9.17, 15) is 10.2 Å². The van der Waals surface area contributed by atoms with E-state index >= 15 is 0 Å². The number of aliphatic hydroxyl groups excluding tert-OH is 1. The first-order valence-corrected chi connectivity index (χ1v) is 12.2. The molecule has 0 atom stereocenters. The number of allylic oxidation sites excluding steroid dienone is 5. The topological polar surface area (TPSA) is 46.9 Å². The van der Waals surface area contributed by atoms with Crippen molar-refractivity contribution < 1.29 is 10.2 Å². The van der Waals surface area contributed by atoms with E-state index < -0.39 is 0 Å². The average Bonchev–Trinajstić information content (AvgIpc) is 2.88. The number of anilines is 1. The monoisotopic (exact) mass is 454 g/mol. The van der Waals surface area contributed by atoms with Gasteiger partial charge in [-0.2, -0.15) is 0 Å². The van der Waals surface area contributed by atoms with Crippen LogP contribution in [0.15, 0.2) is 89.4 Å². The van der Waals surface area contributed by atoms with Gasteiger partial charge >= 0.3 is 0 Å². The van der Waals surface area contributed by atoms with Crippen molar-refractivity contribution in [2.75, 3.05) is 37.7 Å². The predicted molar refractivity (Wildman–Crippen MR) is 140 cm³/mol. The van der Waals surface area contributed by atoms with Crippen molar-refractivity contribution in [3.8, 4) is 5.75 Å². The zero-order valence-corrected chi connectivity index (χ0v) is 20.2. The van der Waals surface area contributed by atoms with Crippen LogP contribution >= 0.6 is 0 Å². The molecule has 0 spiro atoms. The molecule has 4 nitrogen and oxygen atoms in total. The Balaban J connectivity index is 1.73. The highest BCUT2D eigenvalue weighted by Gasteiger charge is 2.20. The van der Waals surface area contributed by atoms with Crippen LogP contribution in [0.4, 0.5) is 5.69 Å². The predicted octanol–water partition coefficient (Wildman–Crippen LogP) is 5.30. The molecule has 0 saturated carbocycles. The third-order valence-corrected chi connectivity index (χ3v) is 6.58. The maximum atomic E-state index is 9.87. The smallest absolute Gasteiger partial charge is 0.115 e. The van der Waals surface area contributed by atoms with Crippen LogP contribution in [0.3, 0.4) is 0 Å². The molecule has 0 aromatic heterocycles. The summed E-state index contributed by atoms with van der Waals surface area (Å²) in [5, 5.41) is 19.4. The Bertz CT molecular complexity index is 1140. The number of rotatable bonds is 8. The molecule has 176 valence electrons. The quantitative estimate of drug-likeness (QED) is 0.531. The summed E-state index contributed by atoms with van der Waals surface area (Å²) in [5.41, 5.74) is 12.9. The summed E-state index contributed by atoms with van der Waals surface area (Å²) < 4.78 is 0. The van der Waals surface area contributed by atoms with Gasteiger partial charge in [0.15, 0.2) is 0 Å². The summed E-state index contributed by atoms with van der Waals surface area (Å²) in [5.74, 6) is 0.246. The van der Waals surface area contributed by atoms with Gasteiger partial charge in [-0.3, -0.25) is 4.90 Å². The first kappa shape index (κ1) is 23.9. The van der Waals surface area contributed by atoms with Crippen molar-refractivity contribution in [2.45, 2.75) is 32.7 Å². The van der Waals surface area contributed by atoms with Crippen molar-refractivity contribution in [2.24, 2.45) is 0 Å². The molecule has 1 aliphatic heterocycles. The largest absolute Gasteiger partial charge is 0.508 e. The van der Waals surface area contributed by atoms with Crippen LogP contribution in [0, 0.1) is 0 Å². The maximum Gasteiger partial charge on any atom is 0.115 e. The van der Waals surface area contributed by atoms with E-state index in [2.05, 4.69) is 59.4 Å². The standard InChI is InChI=1S/C30H34N2O2/c1-23(2)31-18-20-32(21-19-31)27-14-10-25(11-15-27)30(26-12-16-28(34)17-13-26)29(9-6-22-33)24-7-4-3-5-8-24/h3-4,7,10-17,23,33-34H,6,9,18-22H2,1-2H3/b30-29+. The Labute approximate surface area is 203 Å². The summed E-state index contributed by atoms with van der Waals surface area (Å²) in [4.78, 5) is 4.98. The fraction of sp³-hybridized carbons (Fsp3) is 0.333. The van der Waals surface area contributed by atoms with E-state index in [-0.39, 0.29) is 12.4 Å². The molecular formula is C30H34N2O2. The van der Waals surface area contributed by atoms with Gasteiger partial charge in [0, 0.05) is 50.1 Å². The molecule has 4 rings (SSSR count). The van der Waals surface area contributed by atoms with Crippen LogP contribution < -0.4 is 4.90 Å². The summed E-state index contributed by atoms with van der Waals surface area (Å²) in [6.07, 6.45) is 7.25. The molecule has 2 N–H and O–H groups in total. The van der Waals surface area contributed by atoms with Crippen LogP contribution in [0.1, 0.15) is 37.8 Å². The number of aromatic hydroxyl groups is 1. The molecule has 0 radical (unpaired) electrons. The molecule has 1 fully saturated rings. The number of hydrogen-bond acceptors (Lipinski definition) is 4. The van der Waals surface area contributed by atoms with Crippen molar-refractivity contribution in [3.05, 3.63) is 100 Å². The van der Waals surface area contributed by atoms with Gasteiger partial charge in [-0.25, -0.2) is 0 Å². The highest BCUT2D eigenvalue weighted by molar-refractivity contribution is 5.86. The number of nitrogens with zero attached hydrogens (tertiary/aromatic N) is 2. The number of phenols is 1. The molecule has 2 aliphatic rings. The summed E-state index contributed by atoms with van der Waals surface area (Å²) in [6.45, 7) is 8.90. The molecule has 1 aliphatic carbocycles. The normalized spacial score (nSPS) is 16.7. The Morgan fingerprint density at radius 3 is 2.15 bits per heavy atom. The van der Waals surface area contributed by atoms with Crippen molar-refractivity contribution in [1.29, 1.82) is 0 Å². The second kappa shape index (κ2) is 11.2. The van der Waals surface area contributed by atoms with E-state index in [1.54, 1.807) is 12.1 Å². The van der Waals surface area contributed by atoms with Gasteiger partial charge in [-0.1, -0.05) is 41.8 Å². The van der Waals surface area contributed by atoms with Gasteiger partial charge in [0.1, 0.15) is 5.75 Å². The fourth-order valence-corrected chi connectivity index (χ4v) is 4.66. The second-order valence-corrected chi connectivity index (χ2v) is 9.10. The minimum absolute atomic E-state index is 0.129. The Kier molecular flexibility index (Phi) is 7.90. The van der Waals surface area contributed by atoms with E-state index in [1.165, 1.54) is 5.69 Å². The number of piperazine rings is 1. The van der Waals surface area contributed by atoms with Crippen molar-refractivity contribution in [1.82, 2.24) is 4.90 Å². The van der Waals surface area contributed by atoms with Crippen LogP contribution in [-0.4, -0.2) is 53.9 Å². The lowest BCUT2D eigenvalue weighted by molar-refractivity contribution is 0.209. The van der Waals surface area contributed by atoms with E-state index in [0.29, 0.717) is 12.5 Å². The molecule has 4 heteroatoms. The van der Waals surface area contributed by atoms with E-state index in [1.807, 2.05) is 30.4 Å². The van der Waals surface area contributed by atoms with E-state index in [0.717, 1.165) is 60.4 Å². The first-order valence-electron chi connectivity index (χ1n) is 12.2. The minimum atomic E-state index is 0.129. The van der Waals surface area contributed by atoms with Crippen molar-refractivity contribution in [3.63, 3.8) is 0 Å². The molecule has 1 heterocycles. The number of phenolic OH excluding ortho intramolecular Hbond substituents is 1. The Morgan fingerprint density at radius 1 is 0.941 bits per heavy atom. The number of hydrogen-bond donors (Lipinski definition) is 2. The van der Waals surface area contributed by atoms with Gasteiger partial charge in [0.25, 0.3) is 0 Å². The summed E-state index contributed by atoms with van der Waals surface area (Å²) >= 11 is 0. The zero-order chi connectivity index (χ0) is 23.9. The van der Waals surface area contributed by atoms with Gasteiger partial charge in [0.2, 0.25) is 0 Å². The summed E-state index contributed by atoms with van der Waals surface area (Å²) in [7, 11) is 0. The molecular weight excluding hydrogens is 420 g/mol. The van der Waals surface area contributed by atoms with Gasteiger partial charge in [0.05, 0.1) is 0 Å². The fourth-order valence-electron chi connectivity index (χ4n) is 4.66. The average molecular weight is 455 g/mol. The molecule has 34 heavy (non-hydrogen) atoms. The Morgan fingerprint density at radius 2 is 1.59 bits per heavy atom. The van der Waals surface area contributed by atoms with E-state index in [4.69, 9.17) is 0 Å². The number of benzene rings is 2. The number of aliphatic hydroxyl groups is 1. The first-order chi connectivity index (χ1) is 16.6. The van der Waals surface area contributed by atoms with Crippen LogP contribution in [-0.2, 0) is 0 Å². The lowest BCUT2D eigenvalue weighted by atomic mass is 9.86. The SMILES string of the molecule is CC(C)N1CCN(c2ccc(/C(=C(/CCCO)C3=C=C=CC=C3)c3ccc(O)cc3)cc2)CC1. The third-order valence-electron chi connectivity index (χ3n) is 6.58. The van der Waals surface area contributed by atoms with Gasteiger partial charge < -0.3 is 15.1 Å². The lowest BCUT2D eigenvalue weighted by Crippen LogP contribution is -2.48. The van der Waals surface area contributed by atoms with Crippen LogP contribution in [0.25, 0.3) is 5.57 Å². The summed E-state index contributed by atoms with van der Waals surface area (Å²) in [6, 6.07) is 16.8. The highest BCUT2D eigenvalue weighted by atomic mass is 16.3. The Hall–Kier alpha value is -3.26. The molecule has 0 unspecified atom stereocenters. The zero-order valence-electron chi connectivity index (χ0n) is 20.2. The maximum absolute atomic E-state index is 9.87. The van der Waals surface area contributed by atoms with Crippen LogP contribution in [0.5, 0.6) is 5.75 Å². The molecule has 1 saturated heterocycles. The highest BCUT2D eigenvalue weighted by Crippen LogP contribution is 2.35. The molecule has 0 amide bonds.